The van der Waals surface area contributed by atoms with Gasteiger partial charge in [-0.25, -0.2) is 9.38 Å². The molecule has 3 fully saturated rings. The maximum Gasteiger partial charge on any atom is 0.204 e. The Morgan fingerprint density at radius 3 is 1.87 bits per heavy atom. The molecule has 0 bridgehead atoms. The van der Waals surface area contributed by atoms with Crippen LogP contribution < -0.4 is 4.90 Å². The van der Waals surface area contributed by atoms with Crippen LogP contribution in [0.15, 0.2) is 29.3 Å². The Morgan fingerprint density at radius 2 is 1.27 bits per heavy atom. The lowest BCUT2D eigenvalue weighted by Gasteiger charge is -2.44. The first-order chi connectivity index (χ1) is 14.8. The van der Waals surface area contributed by atoms with Crippen LogP contribution in [0.1, 0.15) is 0 Å². The van der Waals surface area contributed by atoms with Crippen LogP contribution in [0.4, 0.5) is 10.1 Å². The predicted octanol–water partition coefficient (Wildman–Crippen LogP) is 0.651. The van der Waals surface area contributed by atoms with E-state index in [0.29, 0.717) is 13.2 Å². The summed E-state index contributed by atoms with van der Waals surface area (Å²) in [6.45, 7) is 9.34. The SMILES string of the molecule is Fc1ccc(N2C(N3CCOCC3)=N[C@@H](N3CCOCC3)[C@@H]2N2CCOCC2)cc1. The van der Waals surface area contributed by atoms with Gasteiger partial charge in [0, 0.05) is 45.0 Å². The van der Waals surface area contributed by atoms with Crippen molar-refractivity contribution in [2.75, 3.05) is 83.8 Å². The predicted molar refractivity (Wildman–Crippen MR) is 111 cm³/mol. The molecule has 0 aliphatic carbocycles. The highest BCUT2D eigenvalue weighted by Gasteiger charge is 2.46. The first kappa shape index (κ1) is 20.1. The van der Waals surface area contributed by atoms with Gasteiger partial charge in [0.15, 0.2) is 0 Å². The molecule has 4 aliphatic heterocycles. The molecule has 4 heterocycles. The number of benzene rings is 1. The lowest BCUT2D eigenvalue weighted by molar-refractivity contribution is -0.0273. The van der Waals surface area contributed by atoms with Gasteiger partial charge >= 0.3 is 0 Å². The number of halogens is 1. The lowest BCUT2D eigenvalue weighted by atomic mass is 10.2. The first-order valence-electron chi connectivity index (χ1n) is 10.9. The topological polar surface area (TPSA) is 53.0 Å². The molecule has 5 rings (SSSR count). The molecule has 4 aliphatic rings. The molecule has 164 valence electrons. The fourth-order valence-electron chi connectivity index (χ4n) is 4.67. The molecule has 1 aromatic rings. The van der Waals surface area contributed by atoms with E-state index < -0.39 is 0 Å². The van der Waals surface area contributed by atoms with Gasteiger partial charge in [-0.2, -0.15) is 0 Å². The third kappa shape index (κ3) is 4.04. The second-order valence-corrected chi connectivity index (χ2v) is 8.00. The third-order valence-corrected chi connectivity index (χ3v) is 6.23. The maximum atomic E-state index is 13.7. The molecule has 0 amide bonds. The van der Waals surface area contributed by atoms with Gasteiger partial charge in [-0.3, -0.25) is 14.7 Å². The van der Waals surface area contributed by atoms with Crippen LogP contribution in [0.3, 0.4) is 0 Å². The molecule has 1 aromatic carbocycles. The van der Waals surface area contributed by atoms with Crippen molar-refractivity contribution < 1.29 is 18.6 Å². The summed E-state index contributed by atoms with van der Waals surface area (Å²) < 4.78 is 30.5. The van der Waals surface area contributed by atoms with E-state index in [0.717, 1.165) is 77.3 Å². The third-order valence-electron chi connectivity index (χ3n) is 6.23. The zero-order valence-corrected chi connectivity index (χ0v) is 17.3. The summed E-state index contributed by atoms with van der Waals surface area (Å²) in [4.78, 5) is 14.8. The van der Waals surface area contributed by atoms with Gasteiger partial charge in [0.05, 0.1) is 39.6 Å². The summed E-state index contributed by atoms with van der Waals surface area (Å²) in [5, 5.41) is 0. The number of guanidine groups is 1. The van der Waals surface area contributed by atoms with Crippen LogP contribution in [0.5, 0.6) is 0 Å². The molecule has 0 radical (unpaired) electrons. The van der Waals surface area contributed by atoms with Crippen molar-refractivity contribution in [3.63, 3.8) is 0 Å². The lowest BCUT2D eigenvalue weighted by Crippen LogP contribution is -2.62. The minimum absolute atomic E-state index is 0.00472. The summed E-state index contributed by atoms with van der Waals surface area (Å²) in [6.07, 6.45) is 0.0326. The molecule has 0 unspecified atom stereocenters. The van der Waals surface area contributed by atoms with Gasteiger partial charge in [0.1, 0.15) is 18.1 Å². The van der Waals surface area contributed by atoms with E-state index in [2.05, 4.69) is 19.6 Å². The maximum absolute atomic E-state index is 13.7. The first-order valence-corrected chi connectivity index (χ1v) is 10.9. The van der Waals surface area contributed by atoms with Crippen molar-refractivity contribution in [2.45, 2.75) is 12.3 Å². The number of anilines is 1. The Balaban J connectivity index is 1.53. The van der Waals surface area contributed by atoms with Gasteiger partial charge in [0.2, 0.25) is 5.96 Å². The number of hydrogen-bond acceptors (Lipinski definition) is 8. The molecule has 0 saturated carbocycles. The van der Waals surface area contributed by atoms with Crippen molar-refractivity contribution >= 4 is 11.6 Å². The number of nitrogens with zero attached hydrogens (tertiary/aromatic N) is 5. The van der Waals surface area contributed by atoms with Crippen LogP contribution >= 0.6 is 0 Å². The summed E-state index contributed by atoms with van der Waals surface area (Å²) in [6, 6.07) is 6.79. The van der Waals surface area contributed by atoms with E-state index in [1.54, 1.807) is 0 Å². The Hall–Kier alpha value is -1.78. The molecule has 3 saturated heterocycles. The number of morpholine rings is 3. The molecule has 0 aromatic heterocycles. The minimum Gasteiger partial charge on any atom is -0.379 e. The quantitative estimate of drug-likeness (QED) is 0.713. The van der Waals surface area contributed by atoms with Crippen LogP contribution in [0, 0.1) is 5.82 Å². The number of rotatable bonds is 3. The average molecular weight is 420 g/mol. The Morgan fingerprint density at radius 1 is 0.733 bits per heavy atom. The Kier molecular flexibility index (Phi) is 6.14. The molecule has 8 nitrogen and oxygen atoms in total. The van der Waals surface area contributed by atoms with Gasteiger partial charge in [-0.05, 0) is 24.3 Å². The molecule has 0 spiro atoms. The zero-order valence-electron chi connectivity index (χ0n) is 17.3. The van der Waals surface area contributed by atoms with Crippen molar-refractivity contribution in [3.05, 3.63) is 30.1 Å². The molecule has 9 heteroatoms. The molecule has 0 N–H and O–H groups in total. The van der Waals surface area contributed by atoms with Crippen LogP contribution in [0.25, 0.3) is 0 Å². The molecule has 2 atom stereocenters. The van der Waals surface area contributed by atoms with Crippen molar-refractivity contribution in [1.82, 2.24) is 14.7 Å². The average Bonchev–Trinajstić information content (AvgIpc) is 3.22. The summed E-state index contributed by atoms with van der Waals surface area (Å²) in [5.41, 5.74) is 0.967. The summed E-state index contributed by atoms with van der Waals surface area (Å²) in [5.74, 6) is 0.730. The van der Waals surface area contributed by atoms with E-state index >= 15 is 0 Å². The van der Waals surface area contributed by atoms with Gasteiger partial charge in [-0.1, -0.05) is 0 Å². The van der Waals surface area contributed by atoms with Crippen LogP contribution in [-0.2, 0) is 14.2 Å². The standard InChI is InChI=1S/C21H30FN5O3/c22-17-1-3-18(4-2-17)27-20(25-7-13-29-14-8-25)19(24-5-11-28-12-6-24)23-21(27)26-9-15-30-16-10-26/h1-4,19-20H,5-16H2/t19-,20+/m0/s1. The van der Waals surface area contributed by atoms with Crippen molar-refractivity contribution in [2.24, 2.45) is 4.99 Å². The van der Waals surface area contributed by atoms with Crippen molar-refractivity contribution in [1.29, 1.82) is 0 Å². The molecular weight excluding hydrogens is 389 g/mol. The second kappa shape index (κ2) is 9.15. The van der Waals surface area contributed by atoms with E-state index in [-0.39, 0.29) is 18.1 Å². The van der Waals surface area contributed by atoms with Gasteiger partial charge in [-0.15, -0.1) is 0 Å². The summed E-state index contributed by atoms with van der Waals surface area (Å²) >= 11 is 0. The monoisotopic (exact) mass is 419 g/mol. The molecular formula is C21H30FN5O3. The van der Waals surface area contributed by atoms with E-state index in [4.69, 9.17) is 19.2 Å². The highest BCUT2D eigenvalue weighted by molar-refractivity contribution is 5.98. The van der Waals surface area contributed by atoms with Crippen molar-refractivity contribution in [3.8, 4) is 0 Å². The Labute approximate surface area is 176 Å². The summed E-state index contributed by atoms with van der Waals surface area (Å²) in [7, 11) is 0. The second-order valence-electron chi connectivity index (χ2n) is 8.00. The fourth-order valence-corrected chi connectivity index (χ4v) is 4.67. The normalized spacial score (nSPS) is 29.3. The number of aliphatic imine (C=N–C) groups is 1. The number of hydrogen-bond donors (Lipinski definition) is 0. The largest absolute Gasteiger partial charge is 0.379 e. The molecule has 30 heavy (non-hydrogen) atoms. The van der Waals surface area contributed by atoms with E-state index in [1.807, 2.05) is 12.1 Å². The highest BCUT2D eigenvalue weighted by Crippen LogP contribution is 2.32. The smallest absolute Gasteiger partial charge is 0.204 e. The van der Waals surface area contributed by atoms with E-state index in [1.165, 1.54) is 12.1 Å². The van der Waals surface area contributed by atoms with Gasteiger partial charge < -0.3 is 19.1 Å². The Bertz CT molecular complexity index is 731. The number of ether oxygens (including phenoxy) is 3. The van der Waals surface area contributed by atoms with E-state index in [9.17, 15) is 4.39 Å². The zero-order chi connectivity index (χ0) is 20.3. The highest BCUT2D eigenvalue weighted by atomic mass is 19.1. The minimum atomic E-state index is -0.226. The van der Waals surface area contributed by atoms with Crippen LogP contribution in [-0.4, -0.2) is 112 Å². The van der Waals surface area contributed by atoms with Crippen LogP contribution in [0.2, 0.25) is 0 Å². The van der Waals surface area contributed by atoms with Gasteiger partial charge in [0.25, 0.3) is 0 Å². The fraction of sp³-hybridized carbons (Fsp3) is 0.667.